The third-order valence-electron chi connectivity index (χ3n) is 3.27. The van der Waals surface area contributed by atoms with Gasteiger partial charge < -0.3 is 14.5 Å². The van der Waals surface area contributed by atoms with Crippen molar-refractivity contribution in [1.82, 2.24) is 20.2 Å². The van der Waals surface area contributed by atoms with Crippen LogP contribution in [0.2, 0.25) is 0 Å². The second-order valence-corrected chi connectivity index (χ2v) is 4.76. The first kappa shape index (κ1) is 12.0. The monoisotopic (exact) mass is 284 g/mol. The quantitative estimate of drug-likeness (QED) is 0.706. The smallest absolute Gasteiger partial charge is 0.264 e. The normalized spacial score (nSPS) is 14.1. The van der Waals surface area contributed by atoms with Gasteiger partial charge in [0.2, 0.25) is 0 Å². The second kappa shape index (κ2) is 4.62. The number of imidazole rings is 1. The minimum absolute atomic E-state index is 0.247. The Labute approximate surface area is 118 Å². The number of aromatic nitrogens is 4. The summed E-state index contributed by atoms with van der Waals surface area (Å²) < 4.78 is 11.3. The molecule has 0 saturated carbocycles. The average molecular weight is 284 g/mol. The van der Waals surface area contributed by atoms with E-state index in [-0.39, 0.29) is 5.56 Å². The average Bonchev–Trinajstić information content (AvgIpc) is 2.76. The van der Waals surface area contributed by atoms with Crippen LogP contribution in [-0.4, -0.2) is 33.4 Å². The molecule has 4 rings (SSSR count). The van der Waals surface area contributed by atoms with Crippen LogP contribution < -0.4 is 15.0 Å². The Morgan fingerprint density at radius 3 is 2.67 bits per heavy atom. The summed E-state index contributed by atoms with van der Waals surface area (Å²) in [5, 5.41) is 6.35. The number of hydrogen-bond acceptors (Lipinski definition) is 5. The van der Waals surface area contributed by atoms with E-state index in [1.807, 2.05) is 12.1 Å². The third-order valence-corrected chi connectivity index (χ3v) is 3.27. The van der Waals surface area contributed by atoms with Crippen LogP contribution >= 0.6 is 0 Å². The summed E-state index contributed by atoms with van der Waals surface area (Å²) in [6.45, 7) is 1.28. The summed E-state index contributed by atoms with van der Waals surface area (Å²) in [6, 6.07) is 6.76. The highest BCUT2D eigenvalue weighted by Gasteiger charge is 2.14. The molecule has 0 radical (unpaired) electrons. The van der Waals surface area contributed by atoms with Gasteiger partial charge >= 0.3 is 0 Å². The van der Waals surface area contributed by atoms with Crippen molar-refractivity contribution in [3.05, 3.63) is 34.6 Å². The first-order chi connectivity index (χ1) is 10.3. The molecule has 0 fully saturated rings. The van der Waals surface area contributed by atoms with Crippen LogP contribution in [0.3, 0.4) is 0 Å². The number of hydrogen-bond donors (Lipinski definition) is 2. The van der Waals surface area contributed by atoms with Crippen molar-refractivity contribution in [2.75, 3.05) is 13.2 Å². The number of rotatable bonds is 1. The maximum atomic E-state index is 11.0. The van der Waals surface area contributed by atoms with Crippen LogP contribution in [0.25, 0.3) is 22.6 Å². The second-order valence-electron chi connectivity index (χ2n) is 4.76. The zero-order chi connectivity index (χ0) is 14.2. The molecule has 0 aliphatic carbocycles. The lowest BCUT2D eigenvalue weighted by molar-refractivity contribution is 0.297. The van der Waals surface area contributed by atoms with E-state index in [2.05, 4.69) is 20.2 Å². The molecule has 21 heavy (non-hydrogen) atoms. The molecule has 0 saturated heterocycles. The highest BCUT2D eigenvalue weighted by atomic mass is 16.5. The molecule has 7 nitrogen and oxygen atoms in total. The summed E-state index contributed by atoms with van der Waals surface area (Å²) in [5.41, 5.74) is 1.93. The fourth-order valence-corrected chi connectivity index (χ4v) is 2.26. The first-order valence-electron chi connectivity index (χ1n) is 6.65. The Bertz CT molecular complexity index is 805. The molecule has 0 bridgehead atoms. The van der Waals surface area contributed by atoms with Crippen molar-refractivity contribution >= 4 is 11.0 Å². The predicted octanol–water partition coefficient (Wildman–Crippen LogP) is 1.47. The molecule has 3 aromatic rings. The number of ether oxygens (including phenoxy) is 2. The Kier molecular flexibility index (Phi) is 2.63. The van der Waals surface area contributed by atoms with Gasteiger partial charge in [-0.15, -0.1) is 0 Å². The molecule has 0 spiro atoms. The van der Waals surface area contributed by atoms with E-state index in [0.717, 1.165) is 17.5 Å². The minimum Gasteiger partial charge on any atom is -0.489 e. The number of nitrogens with zero attached hydrogens (tertiary/aromatic N) is 2. The summed E-state index contributed by atoms with van der Waals surface area (Å²) in [5.74, 6) is 2.00. The van der Waals surface area contributed by atoms with E-state index in [4.69, 9.17) is 9.47 Å². The molecule has 0 atom stereocenters. The lowest BCUT2D eigenvalue weighted by Crippen LogP contribution is -2.05. The lowest BCUT2D eigenvalue weighted by atomic mass is 10.3. The molecule has 2 aromatic heterocycles. The standard InChI is InChI=1S/C14H12N4O3/c19-13-3-2-8(17-18-13)14-15-9-6-11-12(7-10(9)16-14)21-5-1-4-20-11/h2-3,6-7H,1,4-5H2,(H,15,16)(H,18,19). The fraction of sp³-hybridized carbons (Fsp3) is 0.214. The Morgan fingerprint density at radius 1 is 1.10 bits per heavy atom. The van der Waals surface area contributed by atoms with Crippen LogP contribution in [0.4, 0.5) is 0 Å². The summed E-state index contributed by atoms with van der Waals surface area (Å²) in [4.78, 5) is 18.7. The van der Waals surface area contributed by atoms with Crippen LogP contribution in [0.1, 0.15) is 6.42 Å². The van der Waals surface area contributed by atoms with Crippen molar-refractivity contribution in [1.29, 1.82) is 0 Å². The lowest BCUT2D eigenvalue weighted by Gasteiger charge is -2.05. The minimum atomic E-state index is -0.247. The molecule has 1 aromatic carbocycles. The van der Waals surface area contributed by atoms with Gasteiger partial charge in [-0.1, -0.05) is 0 Å². The number of aromatic amines is 2. The van der Waals surface area contributed by atoms with Crippen molar-refractivity contribution in [3.63, 3.8) is 0 Å². The third kappa shape index (κ3) is 2.12. The number of benzene rings is 1. The van der Waals surface area contributed by atoms with Gasteiger partial charge in [0, 0.05) is 24.6 Å². The SMILES string of the molecule is O=c1ccc(-c2nc3cc4c(cc3[nH]2)OCCCO4)n[nH]1. The van der Waals surface area contributed by atoms with Crippen molar-refractivity contribution in [2.45, 2.75) is 6.42 Å². The highest BCUT2D eigenvalue weighted by molar-refractivity contribution is 5.82. The molecule has 2 N–H and O–H groups in total. The van der Waals surface area contributed by atoms with Gasteiger partial charge in [-0.3, -0.25) is 4.79 Å². The van der Waals surface area contributed by atoms with E-state index in [0.29, 0.717) is 36.2 Å². The number of H-pyrrole nitrogens is 2. The van der Waals surface area contributed by atoms with Crippen molar-refractivity contribution < 1.29 is 9.47 Å². The maximum Gasteiger partial charge on any atom is 0.264 e. The summed E-state index contributed by atoms with van der Waals surface area (Å²) in [6.07, 6.45) is 0.864. The van der Waals surface area contributed by atoms with Crippen LogP contribution in [0.15, 0.2) is 29.1 Å². The van der Waals surface area contributed by atoms with E-state index in [1.165, 1.54) is 6.07 Å². The van der Waals surface area contributed by atoms with Gasteiger partial charge in [0.05, 0.1) is 24.2 Å². The van der Waals surface area contributed by atoms with Gasteiger partial charge in [0.15, 0.2) is 17.3 Å². The van der Waals surface area contributed by atoms with Crippen LogP contribution in [-0.2, 0) is 0 Å². The van der Waals surface area contributed by atoms with Crippen molar-refractivity contribution in [2.24, 2.45) is 0 Å². The molecule has 0 unspecified atom stereocenters. The zero-order valence-electron chi connectivity index (χ0n) is 11.0. The van der Waals surface area contributed by atoms with Gasteiger partial charge in [-0.25, -0.2) is 10.1 Å². The van der Waals surface area contributed by atoms with E-state index < -0.39 is 0 Å². The van der Waals surface area contributed by atoms with Gasteiger partial charge in [-0.05, 0) is 6.07 Å². The Balaban J connectivity index is 1.83. The molecule has 106 valence electrons. The molecule has 7 heteroatoms. The highest BCUT2D eigenvalue weighted by Crippen LogP contribution is 2.34. The van der Waals surface area contributed by atoms with Crippen LogP contribution in [0, 0.1) is 0 Å². The van der Waals surface area contributed by atoms with E-state index in [1.54, 1.807) is 6.07 Å². The zero-order valence-corrected chi connectivity index (χ0v) is 11.0. The Hall–Kier alpha value is -2.83. The predicted molar refractivity (Wildman–Crippen MR) is 75.6 cm³/mol. The largest absolute Gasteiger partial charge is 0.489 e. The Morgan fingerprint density at radius 2 is 1.90 bits per heavy atom. The molecule has 1 aliphatic heterocycles. The fourth-order valence-electron chi connectivity index (χ4n) is 2.26. The summed E-state index contributed by atoms with van der Waals surface area (Å²) >= 11 is 0. The number of fused-ring (bicyclic) bond motifs is 2. The van der Waals surface area contributed by atoms with Crippen molar-refractivity contribution in [3.8, 4) is 23.0 Å². The topological polar surface area (TPSA) is 92.9 Å². The van der Waals surface area contributed by atoms with E-state index in [9.17, 15) is 4.79 Å². The van der Waals surface area contributed by atoms with Gasteiger partial charge in [-0.2, -0.15) is 5.10 Å². The van der Waals surface area contributed by atoms with Crippen LogP contribution in [0.5, 0.6) is 11.5 Å². The van der Waals surface area contributed by atoms with E-state index >= 15 is 0 Å². The summed E-state index contributed by atoms with van der Waals surface area (Å²) in [7, 11) is 0. The molecule has 1 aliphatic rings. The molecule has 3 heterocycles. The van der Waals surface area contributed by atoms with Gasteiger partial charge in [0.1, 0.15) is 5.69 Å². The molecule has 0 amide bonds. The number of nitrogens with one attached hydrogen (secondary N) is 2. The molecular weight excluding hydrogens is 272 g/mol. The molecular formula is C14H12N4O3. The first-order valence-corrected chi connectivity index (χ1v) is 6.65. The maximum absolute atomic E-state index is 11.0. The van der Waals surface area contributed by atoms with Gasteiger partial charge in [0.25, 0.3) is 5.56 Å².